The van der Waals surface area contributed by atoms with Crippen molar-refractivity contribution in [2.45, 2.75) is 31.6 Å². The van der Waals surface area contributed by atoms with E-state index in [0.29, 0.717) is 32.9 Å². The van der Waals surface area contributed by atoms with E-state index < -0.39 is 5.63 Å². The quantitative estimate of drug-likeness (QED) is 0.567. The van der Waals surface area contributed by atoms with Gasteiger partial charge < -0.3 is 9.52 Å². The number of phenolic OH excluding ortho intramolecular Hbond substituents is 1. The van der Waals surface area contributed by atoms with Crippen molar-refractivity contribution < 1.29 is 9.52 Å². The highest BCUT2D eigenvalue weighted by atomic mass is 32.2. The van der Waals surface area contributed by atoms with E-state index >= 15 is 0 Å². The zero-order valence-electron chi connectivity index (χ0n) is 14.1. The minimum Gasteiger partial charge on any atom is -0.507 e. The summed E-state index contributed by atoms with van der Waals surface area (Å²) in [6, 6.07) is 8.77. The molecule has 1 N–H and O–H groups in total. The Labute approximate surface area is 148 Å². The predicted octanol–water partition coefficient (Wildman–Crippen LogP) is 3.98. The number of rotatable bonds is 3. The Balaban J connectivity index is 2.06. The van der Waals surface area contributed by atoms with Gasteiger partial charge in [-0.3, -0.25) is 0 Å². The number of pyridine rings is 1. The Morgan fingerprint density at radius 3 is 2.72 bits per heavy atom. The first kappa shape index (κ1) is 17.1. The molecule has 0 aliphatic heterocycles. The molecule has 0 saturated carbocycles. The number of hydrogen-bond donors (Lipinski definition) is 1. The smallest absolute Gasteiger partial charge is 0.336 e. The molecule has 0 aliphatic rings. The predicted molar refractivity (Wildman–Crippen MR) is 96.9 cm³/mol. The molecule has 3 rings (SSSR count). The number of phenols is 1. The molecule has 0 bridgehead atoms. The lowest BCUT2D eigenvalue weighted by Crippen LogP contribution is -2.01. The van der Waals surface area contributed by atoms with Gasteiger partial charge in [0.15, 0.2) is 0 Å². The van der Waals surface area contributed by atoms with E-state index in [9.17, 15) is 15.2 Å². The van der Waals surface area contributed by atoms with E-state index in [-0.39, 0.29) is 5.75 Å². The standard InChI is InChI=1S/C19H16N2O3S/c1-10-4-15(22)18-13(7-17(23)24-16(18)5-10)9-25-19-14(8-20)11(2)6-12(3)21-19/h4-7,22H,9H2,1-3H3. The summed E-state index contributed by atoms with van der Waals surface area (Å²) in [7, 11) is 0. The number of thioether (sulfide) groups is 1. The summed E-state index contributed by atoms with van der Waals surface area (Å²) in [4.78, 5) is 16.3. The van der Waals surface area contributed by atoms with Crippen LogP contribution in [0.1, 0.15) is 27.9 Å². The largest absolute Gasteiger partial charge is 0.507 e. The molecular formula is C19H16N2O3S. The minimum atomic E-state index is -0.470. The first-order valence-electron chi connectivity index (χ1n) is 7.66. The van der Waals surface area contributed by atoms with E-state index in [1.54, 1.807) is 12.1 Å². The van der Waals surface area contributed by atoms with E-state index in [0.717, 1.165) is 16.8 Å². The Kier molecular flexibility index (Phi) is 4.51. The number of nitrogens with zero attached hydrogens (tertiary/aromatic N) is 2. The van der Waals surface area contributed by atoms with Crippen molar-refractivity contribution in [3.05, 3.63) is 62.6 Å². The Morgan fingerprint density at radius 2 is 2.00 bits per heavy atom. The fraction of sp³-hybridized carbons (Fsp3) is 0.211. The second-order valence-corrected chi connectivity index (χ2v) is 6.87. The van der Waals surface area contributed by atoms with Crippen LogP contribution >= 0.6 is 11.8 Å². The number of aromatic hydroxyl groups is 1. The van der Waals surface area contributed by atoms with E-state index in [4.69, 9.17) is 4.42 Å². The highest BCUT2D eigenvalue weighted by Gasteiger charge is 2.14. The molecule has 0 amide bonds. The number of aryl methyl sites for hydroxylation is 3. The molecule has 1 aromatic carbocycles. The second kappa shape index (κ2) is 6.61. The number of hydrogen-bond acceptors (Lipinski definition) is 6. The maximum absolute atomic E-state index is 11.8. The van der Waals surface area contributed by atoms with Gasteiger partial charge in [0, 0.05) is 17.5 Å². The van der Waals surface area contributed by atoms with Gasteiger partial charge in [-0.15, -0.1) is 11.8 Å². The van der Waals surface area contributed by atoms with Crippen molar-refractivity contribution >= 4 is 22.7 Å². The summed E-state index contributed by atoms with van der Waals surface area (Å²) in [5.74, 6) is 0.465. The van der Waals surface area contributed by atoms with Gasteiger partial charge in [-0.25, -0.2) is 9.78 Å². The summed E-state index contributed by atoms with van der Waals surface area (Å²) >= 11 is 1.36. The normalized spacial score (nSPS) is 10.8. The van der Waals surface area contributed by atoms with E-state index in [2.05, 4.69) is 11.1 Å². The maximum Gasteiger partial charge on any atom is 0.336 e. The monoisotopic (exact) mass is 352 g/mol. The fourth-order valence-electron chi connectivity index (χ4n) is 2.79. The van der Waals surface area contributed by atoms with Crippen molar-refractivity contribution in [2.24, 2.45) is 0 Å². The Morgan fingerprint density at radius 1 is 1.24 bits per heavy atom. The van der Waals surface area contributed by atoms with Crippen LogP contribution in [-0.2, 0) is 5.75 Å². The van der Waals surface area contributed by atoms with Gasteiger partial charge in [0.1, 0.15) is 22.4 Å². The number of nitriles is 1. The van der Waals surface area contributed by atoms with Gasteiger partial charge in [-0.05, 0) is 55.7 Å². The van der Waals surface area contributed by atoms with Crippen LogP contribution in [0.15, 0.2) is 38.5 Å². The molecule has 0 spiro atoms. The van der Waals surface area contributed by atoms with Crippen LogP contribution < -0.4 is 5.63 Å². The summed E-state index contributed by atoms with van der Waals surface area (Å²) < 4.78 is 5.21. The van der Waals surface area contributed by atoms with Crippen molar-refractivity contribution in [1.82, 2.24) is 4.98 Å². The van der Waals surface area contributed by atoms with Crippen LogP contribution in [0, 0.1) is 32.1 Å². The maximum atomic E-state index is 11.8. The molecule has 0 radical (unpaired) electrons. The average molecular weight is 352 g/mol. The van der Waals surface area contributed by atoms with Gasteiger partial charge in [-0.1, -0.05) is 0 Å². The Bertz CT molecular complexity index is 1080. The molecule has 126 valence electrons. The lowest BCUT2D eigenvalue weighted by molar-refractivity contribution is 0.478. The fourth-order valence-corrected chi connectivity index (χ4v) is 3.87. The molecule has 6 heteroatoms. The molecule has 0 aliphatic carbocycles. The van der Waals surface area contributed by atoms with Gasteiger partial charge in [-0.2, -0.15) is 5.26 Å². The SMILES string of the molecule is Cc1cc(O)c2c(CSc3nc(C)cc(C)c3C#N)cc(=O)oc2c1. The molecule has 0 atom stereocenters. The van der Waals surface area contributed by atoms with Crippen molar-refractivity contribution in [3.8, 4) is 11.8 Å². The first-order chi connectivity index (χ1) is 11.9. The van der Waals surface area contributed by atoms with Crippen LogP contribution in [0.3, 0.4) is 0 Å². The molecule has 0 saturated heterocycles. The van der Waals surface area contributed by atoms with Crippen LogP contribution in [0.25, 0.3) is 11.0 Å². The van der Waals surface area contributed by atoms with Gasteiger partial charge in [0.25, 0.3) is 0 Å². The van der Waals surface area contributed by atoms with Crippen LogP contribution in [0.4, 0.5) is 0 Å². The van der Waals surface area contributed by atoms with Crippen molar-refractivity contribution in [1.29, 1.82) is 5.26 Å². The number of fused-ring (bicyclic) bond motifs is 1. The lowest BCUT2D eigenvalue weighted by atomic mass is 10.1. The third-order valence-electron chi connectivity index (χ3n) is 3.84. The van der Waals surface area contributed by atoms with Gasteiger partial charge in [0.05, 0.1) is 10.9 Å². The van der Waals surface area contributed by atoms with E-state index in [1.165, 1.54) is 17.8 Å². The van der Waals surface area contributed by atoms with E-state index in [1.807, 2.05) is 26.8 Å². The number of aromatic nitrogens is 1. The summed E-state index contributed by atoms with van der Waals surface area (Å²) in [6.07, 6.45) is 0. The van der Waals surface area contributed by atoms with Crippen molar-refractivity contribution in [2.75, 3.05) is 0 Å². The summed E-state index contributed by atoms with van der Waals surface area (Å²) in [6.45, 7) is 5.57. The van der Waals surface area contributed by atoms with Crippen LogP contribution in [-0.4, -0.2) is 10.1 Å². The first-order valence-corrected chi connectivity index (χ1v) is 8.65. The molecule has 0 fully saturated rings. The average Bonchev–Trinajstić information content (AvgIpc) is 2.51. The summed E-state index contributed by atoms with van der Waals surface area (Å²) in [5.41, 5.74) is 3.57. The highest BCUT2D eigenvalue weighted by Crippen LogP contribution is 2.33. The third-order valence-corrected chi connectivity index (χ3v) is 4.86. The van der Waals surface area contributed by atoms with Crippen molar-refractivity contribution in [3.63, 3.8) is 0 Å². The van der Waals surface area contributed by atoms with Gasteiger partial charge >= 0.3 is 5.63 Å². The second-order valence-electron chi connectivity index (χ2n) is 5.91. The Hall–Kier alpha value is -2.78. The van der Waals surface area contributed by atoms with Crippen LogP contribution in [0.5, 0.6) is 5.75 Å². The molecule has 2 heterocycles. The summed E-state index contributed by atoms with van der Waals surface area (Å²) in [5, 5.41) is 20.8. The molecule has 3 aromatic rings. The molecule has 0 unspecified atom stereocenters. The molecule has 5 nitrogen and oxygen atoms in total. The van der Waals surface area contributed by atoms with Crippen LogP contribution in [0.2, 0.25) is 0 Å². The third kappa shape index (κ3) is 3.37. The molecule has 25 heavy (non-hydrogen) atoms. The molecule has 2 aromatic heterocycles. The van der Waals surface area contributed by atoms with Gasteiger partial charge in [0.2, 0.25) is 0 Å². The topological polar surface area (TPSA) is 87.1 Å². The molecular weight excluding hydrogens is 336 g/mol. The minimum absolute atomic E-state index is 0.0724. The number of benzene rings is 1. The highest BCUT2D eigenvalue weighted by molar-refractivity contribution is 7.98. The lowest BCUT2D eigenvalue weighted by Gasteiger charge is -2.10. The zero-order chi connectivity index (χ0) is 18.1. The zero-order valence-corrected chi connectivity index (χ0v) is 14.9.